The summed E-state index contributed by atoms with van der Waals surface area (Å²) in [6.07, 6.45) is 0. The number of sulfonamides is 1. The average molecular weight is 394 g/mol. The SMILES string of the molecule is Cc1cc(S(=O)(=O)Nc2cc(F)ccc2C(=O)O)sc1Br. The Hall–Kier alpha value is -1.45. The van der Waals surface area contributed by atoms with Gasteiger partial charge in [0.1, 0.15) is 10.0 Å². The number of hydrogen-bond donors (Lipinski definition) is 2. The maximum absolute atomic E-state index is 13.2. The minimum absolute atomic E-state index is 0.00692. The fourth-order valence-electron chi connectivity index (χ4n) is 1.55. The van der Waals surface area contributed by atoms with Crippen molar-refractivity contribution in [2.45, 2.75) is 11.1 Å². The number of hydrogen-bond acceptors (Lipinski definition) is 4. The van der Waals surface area contributed by atoms with Crippen LogP contribution in [0.25, 0.3) is 0 Å². The Morgan fingerprint density at radius 1 is 1.38 bits per heavy atom. The number of anilines is 1. The van der Waals surface area contributed by atoms with E-state index in [0.717, 1.165) is 35.1 Å². The summed E-state index contributed by atoms with van der Waals surface area (Å²) in [6.45, 7) is 1.73. The maximum atomic E-state index is 13.2. The molecule has 0 aliphatic rings. The number of thiophene rings is 1. The van der Waals surface area contributed by atoms with Crippen LogP contribution < -0.4 is 4.72 Å². The lowest BCUT2D eigenvalue weighted by atomic mass is 10.2. The van der Waals surface area contributed by atoms with E-state index in [1.54, 1.807) is 6.92 Å². The van der Waals surface area contributed by atoms with Crippen molar-refractivity contribution < 1.29 is 22.7 Å². The summed E-state index contributed by atoms with van der Waals surface area (Å²) in [5, 5.41) is 9.01. The quantitative estimate of drug-likeness (QED) is 0.832. The molecule has 0 amide bonds. The molecule has 21 heavy (non-hydrogen) atoms. The topological polar surface area (TPSA) is 83.5 Å². The van der Waals surface area contributed by atoms with Crippen LogP contribution in [0.2, 0.25) is 0 Å². The smallest absolute Gasteiger partial charge is 0.337 e. The number of rotatable bonds is 4. The van der Waals surface area contributed by atoms with E-state index in [0.29, 0.717) is 3.79 Å². The number of aromatic carboxylic acids is 1. The van der Waals surface area contributed by atoms with Gasteiger partial charge in [0, 0.05) is 0 Å². The highest BCUT2D eigenvalue weighted by Gasteiger charge is 2.21. The van der Waals surface area contributed by atoms with Crippen molar-refractivity contribution in [3.63, 3.8) is 0 Å². The Morgan fingerprint density at radius 3 is 2.57 bits per heavy atom. The molecule has 0 spiro atoms. The Labute approximate surface area is 132 Å². The van der Waals surface area contributed by atoms with Crippen LogP contribution in [-0.2, 0) is 10.0 Å². The summed E-state index contributed by atoms with van der Waals surface area (Å²) in [4.78, 5) is 11.1. The molecular weight excluding hydrogens is 385 g/mol. The van der Waals surface area contributed by atoms with Gasteiger partial charge in [-0.05, 0) is 52.7 Å². The Bertz CT molecular complexity index is 797. The zero-order chi connectivity index (χ0) is 15.8. The van der Waals surface area contributed by atoms with Crippen LogP contribution in [0.5, 0.6) is 0 Å². The number of nitrogens with one attached hydrogen (secondary N) is 1. The van der Waals surface area contributed by atoms with E-state index in [-0.39, 0.29) is 15.5 Å². The second-order valence-corrected chi connectivity index (χ2v) is 8.40. The van der Waals surface area contributed by atoms with E-state index >= 15 is 0 Å². The van der Waals surface area contributed by atoms with Crippen LogP contribution in [0.3, 0.4) is 0 Å². The largest absolute Gasteiger partial charge is 0.478 e. The van der Waals surface area contributed by atoms with Gasteiger partial charge >= 0.3 is 5.97 Å². The van der Waals surface area contributed by atoms with Gasteiger partial charge in [-0.25, -0.2) is 17.6 Å². The third kappa shape index (κ3) is 3.42. The normalized spacial score (nSPS) is 11.4. The fraction of sp³-hybridized carbons (Fsp3) is 0.0833. The Morgan fingerprint density at radius 2 is 2.05 bits per heavy atom. The molecule has 5 nitrogen and oxygen atoms in total. The van der Waals surface area contributed by atoms with Crippen LogP contribution in [0.4, 0.5) is 10.1 Å². The fourth-order valence-corrected chi connectivity index (χ4v) is 4.84. The average Bonchev–Trinajstić information content (AvgIpc) is 2.69. The van der Waals surface area contributed by atoms with Crippen molar-refractivity contribution in [1.29, 1.82) is 0 Å². The first-order chi connectivity index (χ1) is 9.70. The van der Waals surface area contributed by atoms with Gasteiger partial charge in [-0.1, -0.05) is 0 Å². The van der Waals surface area contributed by atoms with Crippen molar-refractivity contribution in [2.24, 2.45) is 0 Å². The van der Waals surface area contributed by atoms with Gasteiger partial charge in [0.25, 0.3) is 10.0 Å². The van der Waals surface area contributed by atoms with Gasteiger partial charge in [0.15, 0.2) is 0 Å². The summed E-state index contributed by atoms with van der Waals surface area (Å²) in [5.41, 5.74) is 0.0927. The van der Waals surface area contributed by atoms with Crippen LogP contribution in [0.15, 0.2) is 32.3 Å². The van der Waals surface area contributed by atoms with Gasteiger partial charge in [0.2, 0.25) is 0 Å². The monoisotopic (exact) mass is 393 g/mol. The van der Waals surface area contributed by atoms with Crippen LogP contribution >= 0.6 is 27.3 Å². The van der Waals surface area contributed by atoms with Crippen molar-refractivity contribution in [3.05, 3.63) is 45.0 Å². The summed E-state index contributed by atoms with van der Waals surface area (Å²) < 4.78 is 40.4. The van der Waals surface area contributed by atoms with Crippen LogP contribution in [-0.4, -0.2) is 19.5 Å². The minimum atomic E-state index is -3.98. The molecule has 0 unspecified atom stereocenters. The zero-order valence-corrected chi connectivity index (χ0v) is 13.8. The third-order valence-corrected chi connectivity index (χ3v) is 6.53. The van der Waals surface area contributed by atoms with E-state index in [2.05, 4.69) is 20.7 Å². The molecule has 0 saturated heterocycles. The summed E-state index contributed by atoms with van der Waals surface area (Å²) in [6, 6.07) is 4.23. The van der Waals surface area contributed by atoms with E-state index in [1.807, 2.05) is 0 Å². The molecule has 0 saturated carbocycles. The second-order valence-electron chi connectivity index (χ2n) is 4.12. The van der Waals surface area contributed by atoms with E-state index in [9.17, 15) is 17.6 Å². The van der Waals surface area contributed by atoms with Crippen molar-refractivity contribution >= 4 is 48.9 Å². The molecule has 1 aromatic heterocycles. The molecule has 2 aromatic rings. The first-order valence-corrected chi connectivity index (χ1v) is 8.61. The molecule has 0 aliphatic heterocycles. The maximum Gasteiger partial charge on any atom is 0.337 e. The number of benzene rings is 1. The van der Waals surface area contributed by atoms with Crippen molar-refractivity contribution in [2.75, 3.05) is 4.72 Å². The zero-order valence-electron chi connectivity index (χ0n) is 10.6. The molecule has 2 rings (SSSR count). The number of aryl methyl sites for hydroxylation is 1. The lowest BCUT2D eigenvalue weighted by Gasteiger charge is -2.09. The molecule has 0 bridgehead atoms. The van der Waals surface area contributed by atoms with Crippen molar-refractivity contribution in [1.82, 2.24) is 0 Å². The number of halogens is 2. The van der Waals surface area contributed by atoms with Gasteiger partial charge in [-0.15, -0.1) is 11.3 Å². The lowest BCUT2D eigenvalue weighted by Crippen LogP contribution is -2.14. The molecule has 0 radical (unpaired) electrons. The van der Waals surface area contributed by atoms with Gasteiger partial charge < -0.3 is 5.11 Å². The number of carbonyl (C=O) groups is 1. The highest BCUT2D eigenvalue weighted by atomic mass is 79.9. The third-order valence-electron chi connectivity index (χ3n) is 2.56. The van der Waals surface area contributed by atoms with Crippen LogP contribution in [0, 0.1) is 12.7 Å². The molecular formula is C12H9BrFNO4S2. The predicted octanol–water partition coefficient (Wildman–Crippen LogP) is 3.46. The minimum Gasteiger partial charge on any atom is -0.478 e. The highest BCUT2D eigenvalue weighted by Crippen LogP contribution is 2.32. The molecule has 0 fully saturated rings. The van der Waals surface area contributed by atoms with E-state index < -0.39 is 21.8 Å². The van der Waals surface area contributed by atoms with E-state index in [1.165, 1.54) is 6.07 Å². The van der Waals surface area contributed by atoms with E-state index in [4.69, 9.17) is 5.11 Å². The molecule has 9 heteroatoms. The second kappa shape index (κ2) is 5.74. The highest BCUT2D eigenvalue weighted by molar-refractivity contribution is 9.11. The first-order valence-electron chi connectivity index (χ1n) is 5.52. The Kier molecular flexibility index (Phi) is 4.35. The molecule has 112 valence electrons. The molecule has 1 heterocycles. The van der Waals surface area contributed by atoms with Crippen LogP contribution in [0.1, 0.15) is 15.9 Å². The van der Waals surface area contributed by atoms with Gasteiger partial charge in [-0.2, -0.15) is 0 Å². The lowest BCUT2D eigenvalue weighted by molar-refractivity contribution is 0.0698. The van der Waals surface area contributed by atoms with Crippen molar-refractivity contribution in [3.8, 4) is 0 Å². The van der Waals surface area contributed by atoms with Gasteiger partial charge in [-0.3, -0.25) is 4.72 Å². The summed E-state index contributed by atoms with van der Waals surface area (Å²) in [5.74, 6) is -2.09. The Balaban J connectivity index is 2.45. The molecule has 0 aliphatic carbocycles. The number of carboxylic acids is 1. The molecule has 0 atom stereocenters. The predicted molar refractivity (Wildman–Crippen MR) is 80.9 cm³/mol. The summed E-state index contributed by atoms with van der Waals surface area (Å²) >= 11 is 4.20. The standard InChI is InChI=1S/C12H9BrFNO4S2/c1-6-4-10(20-11(6)13)21(18,19)15-9-5-7(14)2-3-8(9)12(16)17/h2-5,15H,1H3,(H,16,17). The van der Waals surface area contributed by atoms with Gasteiger partial charge in [0.05, 0.1) is 15.0 Å². The number of carboxylic acid groups (broad SMARTS) is 1. The first kappa shape index (κ1) is 15.9. The molecule has 2 N–H and O–H groups in total. The molecule has 1 aromatic carbocycles. The summed E-state index contributed by atoms with van der Waals surface area (Å²) in [7, 11) is -3.98.